The average Bonchev–Trinajstić information content (AvgIpc) is 3.34. The van der Waals surface area contributed by atoms with Crippen molar-refractivity contribution in [3.63, 3.8) is 0 Å². The van der Waals surface area contributed by atoms with Crippen LogP contribution in [0.2, 0.25) is 0 Å². The molecule has 1 aliphatic rings. The molecule has 4 heterocycles. The van der Waals surface area contributed by atoms with Crippen LogP contribution in [0.25, 0.3) is 11.6 Å². The number of rotatable bonds is 4. The second kappa shape index (κ2) is 6.20. The van der Waals surface area contributed by atoms with Crippen molar-refractivity contribution in [3.8, 4) is 11.6 Å². The highest BCUT2D eigenvalue weighted by Gasteiger charge is 2.34. The lowest BCUT2D eigenvalue weighted by Crippen LogP contribution is -2.36. The van der Waals surface area contributed by atoms with Gasteiger partial charge in [0.1, 0.15) is 0 Å². The Hall–Kier alpha value is -2.48. The highest BCUT2D eigenvalue weighted by atomic mass is 16.5. The van der Waals surface area contributed by atoms with Crippen molar-refractivity contribution in [3.05, 3.63) is 36.0 Å². The Bertz CT molecular complexity index is 794. The molecule has 2 atom stereocenters. The number of aromatic nitrogens is 4. The number of likely N-dealkylation sites (tertiary alicyclic amines) is 1. The molecule has 8 nitrogen and oxygen atoms in total. The molecule has 3 aromatic rings. The quantitative estimate of drug-likeness (QED) is 0.719. The molecule has 126 valence electrons. The normalized spacial score (nSPS) is 20.3. The summed E-state index contributed by atoms with van der Waals surface area (Å²) >= 11 is 0. The van der Waals surface area contributed by atoms with E-state index < -0.39 is 0 Å². The van der Waals surface area contributed by atoms with E-state index in [1.165, 1.54) is 0 Å². The molecule has 0 radical (unpaired) electrons. The summed E-state index contributed by atoms with van der Waals surface area (Å²) < 4.78 is 15.9. The van der Waals surface area contributed by atoms with E-state index in [9.17, 15) is 0 Å². The van der Waals surface area contributed by atoms with Crippen molar-refractivity contribution in [1.29, 1.82) is 0 Å². The maximum Gasteiger partial charge on any atom is 0.244 e. The van der Waals surface area contributed by atoms with Gasteiger partial charge in [-0.05, 0) is 38.4 Å². The summed E-state index contributed by atoms with van der Waals surface area (Å²) in [5.74, 6) is 2.94. The van der Waals surface area contributed by atoms with Crippen LogP contribution in [0.1, 0.15) is 55.9 Å². The molecule has 0 aromatic carbocycles. The van der Waals surface area contributed by atoms with Gasteiger partial charge in [0.05, 0.1) is 18.3 Å². The first kappa shape index (κ1) is 15.1. The fraction of sp³-hybridized carbons (Fsp3) is 0.500. The largest absolute Gasteiger partial charge is 0.461 e. The van der Waals surface area contributed by atoms with Crippen molar-refractivity contribution in [1.82, 2.24) is 25.2 Å². The Labute approximate surface area is 138 Å². The van der Waals surface area contributed by atoms with Crippen LogP contribution >= 0.6 is 0 Å². The van der Waals surface area contributed by atoms with E-state index >= 15 is 0 Å². The average molecular weight is 329 g/mol. The fourth-order valence-corrected chi connectivity index (χ4v) is 3.20. The number of piperidine rings is 1. The fourth-order valence-electron chi connectivity index (χ4n) is 3.20. The van der Waals surface area contributed by atoms with Gasteiger partial charge in [-0.15, -0.1) is 0 Å². The summed E-state index contributed by atoms with van der Waals surface area (Å²) in [5, 5.41) is 8.12. The van der Waals surface area contributed by atoms with Crippen LogP contribution in [0.4, 0.5) is 0 Å². The molecular weight excluding hydrogens is 310 g/mol. The lowest BCUT2D eigenvalue weighted by atomic mass is 9.99. The minimum absolute atomic E-state index is 0.0367. The molecule has 0 bridgehead atoms. The van der Waals surface area contributed by atoms with Gasteiger partial charge in [0, 0.05) is 6.92 Å². The number of aryl methyl sites for hydroxylation is 1. The topological polar surface area (TPSA) is 94.2 Å². The summed E-state index contributed by atoms with van der Waals surface area (Å²) in [4.78, 5) is 11.2. The summed E-state index contributed by atoms with van der Waals surface area (Å²) in [5.41, 5.74) is 0. The van der Waals surface area contributed by atoms with E-state index in [1.54, 1.807) is 19.3 Å². The van der Waals surface area contributed by atoms with Gasteiger partial charge in [0.15, 0.2) is 11.6 Å². The third-order valence-electron chi connectivity index (χ3n) is 4.42. The van der Waals surface area contributed by atoms with Crippen molar-refractivity contribution < 1.29 is 13.5 Å². The molecule has 3 aromatic heterocycles. The first-order valence-electron chi connectivity index (χ1n) is 8.16. The van der Waals surface area contributed by atoms with Crippen LogP contribution < -0.4 is 0 Å². The Morgan fingerprint density at radius 1 is 1.21 bits per heavy atom. The number of hydrogen-bond acceptors (Lipinski definition) is 8. The monoisotopic (exact) mass is 329 g/mol. The summed E-state index contributed by atoms with van der Waals surface area (Å²) in [6, 6.07) is 3.68. The summed E-state index contributed by atoms with van der Waals surface area (Å²) in [7, 11) is 0. The molecule has 1 saturated heterocycles. The molecule has 0 aliphatic carbocycles. The molecule has 0 N–H and O–H groups in total. The Balaban J connectivity index is 1.58. The molecule has 4 rings (SSSR count). The molecule has 8 heteroatoms. The molecule has 0 unspecified atom stereocenters. The molecule has 1 fully saturated rings. The van der Waals surface area contributed by atoms with Gasteiger partial charge in [-0.1, -0.05) is 16.7 Å². The SMILES string of the molecule is Cc1nc([C@@H]2CCCCN2[C@H](C)c2nc(-c3ccco3)no2)no1. The van der Waals surface area contributed by atoms with Crippen molar-refractivity contribution in [2.24, 2.45) is 0 Å². The van der Waals surface area contributed by atoms with Crippen LogP contribution in [0, 0.1) is 6.92 Å². The standard InChI is InChI=1S/C16H19N5O3/c1-10(16-18-15(20-24-16)13-7-5-9-22-13)21-8-4-3-6-12(21)14-17-11(2)23-19-14/h5,7,9-10,12H,3-4,6,8H2,1-2H3/t10-,12+/m1/s1. The predicted molar refractivity (Wildman–Crippen MR) is 82.7 cm³/mol. The van der Waals surface area contributed by atoms with Gasteiger partial charge < -0.3 is 13.5 Å². The molecule has 1 aliphatic heterocycles. The van der Waals surface area contributed by atoms with Crippen LogP contribution in [-0.2, 0) is 0 Å². The minimum Gasteiger partial charge on any atom is -0.461 e. The van der Waals surface area contributed by atoms with Crippen LogP contribution in [0.3, 0.4) is 0 Å². The van der Waals surface area contributed by atoms with Crippen molar-refractivity contribution in [2.75, 3.05) is 6.54 Å². The van der Waals surface area contributed by atoms with E-state index in [-0.39, 0.29) is 12.1 Å². The zero-order chi connectivity index (χ0) is 16.5. The van der Waals surface area contributed by atoms with E-state index in [0.717, 1.165) is 31.6 Å². The molecule has 0 spiro atoms. The van der Waals surface area contributed by atoms with E-state index in [2.05, 4.69) is 32.1 Å². The Morgan fingerprint density at radius 3 is 2.88 bits per heavy atom. The Morgan fingerprint density at radius 2 is 2.12 bits per heavy atom. The first-order valence-corrected chi connectivity index (χ1v) is 8.16. The molecular formula is C16H19N5O3. The third-order valence-corrected chi connectivity index (χ3v) is 4.42. The van der Waals surface area contributed by atoms with Gasteiger partial charge in [-0.3, -0.25) is 4.90 Å². The second-order valence-electron chi connectivity index (χ2n) is 6.03. The molecule has 0 saturated carbocycles. The second-order valence-corrected chi connectivity index (χ2v) is 6.03. The van der Waals surface area contributed by atoms with E-state index in [0.29, 0.717) is 23.4 Å². The molecule has 24 heavy (non-hydrogen) atoms. The smallest absolute Gasteiger partial charge is 0.244 e. The summed E-state index contributed by atoms with van der Waals surface area (Å²) in [6.07, 6.45) is 4.84. The van der Waals surface area contributed by atoms with E-state index in [4.69, 9.17) is 13.5 Å². The number of furan rings is 1. The lowest BCUT2D eigenvalue weighted by molar-refractivity contribution is 0.0777. The van der Waals surface area contributed by atoms with Gasteiger partial charge >= 0.3 is 0 Å². The zero-order valence-corrected chi connectivity index (χ0v) is 13.7. The zero-order valence-electron chi connectivity index (χ0n) is 13.7. The van der Waals surface area contributed by atoms with Gasteiger partial charge in [0.25, 0.3) is 0 Å². The summed E-state index contributed by atoms with van der Waals surface area (Å²) in [6.45, 7) is 4.79. The third kappa shape index (κ3) is 2.73. The maximum atomic E-state index is 5.47. The van der Waals surface area contributed by atoms with Crippen LogP contribution in [0.15, 0.2) is 31.9 Å². The van der Waals surface area contributed by atoms with Crippen molar-refractivity contribution in [2.45, 2.75) is 45.2 Å². The van der Waals surface area contributed by atoms with Gasteiger partial charge in [-0.2, -0.15) is 9.97 Å². The number of hydrogen-bond donors (Lipinski definition) is 0. The van der Waals surface area contributed by atoms with Crippen LogP contribution in [0.5, 0.6) is 0 Å². The maximum absolute atomic E-state index is 5.47. The van der Waals surface area contributed by atoms with Gasteiger partial charge in [-0.25, -0.2) is 0 Å². The molecule has 0 amide bonds. The highest BCUT2D eigenvalue weighted by molar-refractivity contribution is 5.44. The van der Waals surface area contributed by atoms with Crippen molar-refractivity contribution >= 4 is 0 Å². The Kier molecular flexibility index (Phi) is 3.89. The van der Waals surface area contributed by atoms with E-state index in [1.807, 2.05) is 6.07 Å². The van der Waals surface area contributed by atoms with Gasteiger partial charge in [0.2, 0.25) is 17.6 Å². The predicted octanol–water partition coefficient (Wildman–Crippen LogP) is 3.31. The number of nitrogens with zero attached hydrogens (tertiary/aromatic N) is 5. The lowest BCUT2D eigenvalue weighted by Gasteiger charge is -2.36. The van der Waals surface area contributed by atoms with Crippen LogP contribution in [-0.4, -0.2) is 31.7 Å². The minimum atomic E-state index is -0.0367. The first-order chi connectivity index (χ1) is 11.7. The highest BCUT2D eigenvalue weighted by Crippen LogP contribution is 2.36.